The van der Waals surface area contributed by atoms with Gasteiger partial charge in [-0.1, -0.05) is 12.8 Å². The molecule has 84 valence electrons. The summed E-state index contributed by atoms with van der Waals surface area (Å²) in [5, 5.41) is 3.42. The fourth-order valence-electron chi connectivity index (χ4n) is 2.34. The van der Waals surface area contributed by atoms with E-state index in [9.17, 15) is 0 Å². The van der Waals surface area contributed by atoms with Crippen molar-refractivity contribution in [2.45, 2.75) is 58.5 Å². The number of rotatable bonds is 3. The zero-order chi connectivity index (χ0) is 10.8. The Bertz CT molecular complexity index is 322. The molecule has 3 nitrogen and oxygen atoms in total. The fourth-order valence-corrected chi connectivity index (χ4v) is 2.34. The van der Waals surface area contributed by atoms with Gasteiger partial charge in [0.25, 0.3) is 0 Å². The molecule has 3 heteroatoms. The molecule has 1 aromatic heterocycles. The lowest BCUT2D eigenvalue weighted by atomic mass is 10.2. The third-order valence-corrected chi connectivity index (χ3v) is 2.99. The monoisotopic (exact) mass is 207 g/mol. The van der Waals surface area contributed by atoms with Crippen molar-refractivity contribution in [1.82, 2.24) is 9.55 Å². The van der Waals surface area contributed by atoms with Gasteiger partial charge >= 0.3 is 0 Å². The van der Waals surface area contributed by atoms with Crippen LogP contribution >= 0.6 is 0 Å². The molecule has 1 aromatic rings. The maximum Gasteiger partial charge on any atom is 0.203 e. The molecule has 0 spiro atoms. The Balaban J connectivity index is 2.20. The van der Waals surface area contributed by atoms with Crippen molar-refractivity contribution in [3.63, 3.8) is 0 Å². The number of aromatic nitrogens is 2. The van der Waals surface area contributed by atoms with Crippen LogP contribution in [0.25, 0.3) is 0 Å². The Morgan fingerprint density at radius 3 is 2.67 bits per heavy atom. The van der Waals surface area contributed by atoms with Crippen LogP contribution in [0, 0.1) is 6.92 Å². The minimum Gasteiger partial charge on any atom is -0.353 e. The van der Waals surface area contributed by atoms with Crippen LogP contribution in [-0.4, -0.2) is 15.6 Å². The summed E-state index contributed by atoms with van der Waals surface area (Å²) in [6.45, 7) is 6.38. The summed E-state index contributed by atoms with van der Waals surface area (Å²) >= 11 is 0. The van der Waals surface area contributed by atoms with E-state index in [0.29, 0.717) is 12.1 Å². The van der Waals surface area contributed by atoms with Crippen LogP contribution in [0.1, 0.15) is 51.3 Å². The van der Waals surface area contributed by atoms with Crippen LogP contribution in [-0.2, 0) is 0 Å². The van der Waals surface area contributed by atoms with E-state index in [0.717, 1.165) is 11.6 Å². The summed E-state index contributed by atoms with van der Waals surface area (Å²) in [5.41, 5.74) is 1.12. The Morgan fingerprint density at radius 2 is 2.07 bits per heavy atom. The van der Waals surface area contributed by atoms with E-state index in [1.165, 1.54) is 25.7 Å². The van der Waals surface area contributed by atoms with Gasteiger partial charge < -0.3 is 9.88 Å². The standard InChI is InChI=1S/C12H21N3/c1-9(2)13-12-14-10(3)8-15(12)11-6-4-5-7-11/h8-9,11H,4-7H2,1-3H3,(H,13,14). The van der Waals surface area contributed by atoms with Crippen molar-refractivity contribution in [3.8, 4) is 0 Å². The fraction of sp³-hybridized carbons (Fsp3) is 0.750. The highest BCUT2D eigenvalue weighted by molar-refractivity contribution is 5.30. The van der Waals surface area contributed by atoms with Gasteiger partial charge in [0.2, 0.25) is 5.95 Å². The molecule has 1 fully saturated rings. The number of hydrogen-bond donors (Lipinski definition) is 1. The van der Waals surface area contributed by atoms with Gasteiger partial charge in [-0.3, -0.25) is 0 Å². The third kappa shape index (κ3) is 2.33. The Hall–Kier alpha value is -0.990. The van der Waals surface area contributed by atoms with Crippen molar-refractivity contribution in [2.24, 2.45) is 0 Å². The predicted molar refractivity (Wildman–Crippen MR) is 63.2 cm³/mol. The minimum absolute atomic E-state index is 0.451. The second-order valence-corrected chi connectivity index (χ2v) is 4.85. The van der Waals surface area contributed by atoms with Crippen molar-refractivity contribution >= 4 is 5.95 Å². The van der Waals surface area contributed by atoms with Gasteiger partial charge in [-0.05, 0) is 33.6 Å². The summed E-state index contributed by atoms with van der Waals surface area (Å²) in [6, 6.07) is 1.12. The number of hydrogen-bond acceptors (Lipinski definition) is 2. The Morgan fingerprint density at radius 1 is 1.40 bits per heavy atom. The Kier molecular flexibility index (Phi) is 2.98. The van der Waals surface area contributed by atoms with Crippen molar-refractivity contribution < 1.29 is 0 Å². The number of nitrogens with one attached hydrogen (secondary N) is 1. The van der Waals surface area contributed by atoms with E-state index in [1.54, 1.807) is 0 Å². The molecule has 1 aliphatic carbocycles. The number of imidazole rings is 1. The molecule has 15 heavy (non-hydrogen) atoms. The maximum absolute atomic E-state index is 4.55. The molecule has 0 aliphatic heterocycles. The first-order valence-electron chi connectivity index (χ1n) is 5.99. The van der Waals surface area contributed by atoms with Crippen LogP contribution in [0.15, 0.2) is 6.20 Å². The molecule has 1 aliphatic rings. The van der Waals surface area contributed by atoms with Gasteiger partial charge in [0.15, 0.2) is 0 Å². The number of aryl methyl sites for hydroxylation is 1. The SMILES string of the molecule is Cc1cn(C2CCCC2)c(NC(C)C)n1. The molecule has 1 N–H and O–H groups in total. The van der Waals surface area contributed by atoms with Crippen LogP contribution in [0.5, 0.6) is 0 Å². The highest BCUT2D eigenvalue weighted by Crippen LogP contribution is 2.32. The molecule has 0 atom stereocenters. The van der Waals surface area contributed by atoms with Gasteiger partial charge in [-0.15, -0.1) is 0 Å². The summed E-state index contributed by atoms with van der Waals surface area (Å²) in [6.07, 6.45) is 7.53. The normalized spacial score (nSPS) is 17.6. The molecule has 0 amide bonds. The lowest BCUT2D eigenvalue weighted by Crippen LogP contribution is -2.16. The van der Waals surface area contributed by atoms with E-state index in [2.05, 4.69) is 41.8 Å². The molecule has 1 saturated carbocycles. The van der Waals surface area contributed by atoms with E-state index >= 15 is 0 Å². The van der Waals surface area contributed by atoms with Crippen molar-refractivity contribution in [2.75, 3.05) is 5.32 Å². The average Bonchev–Trinajstić information content (AvgIpc) is 2.72. The van der Waals surface area contributed by atoms with Gasteiger partial charge in [0.05, 0.1) is 5.69 Å². The van der Waals surface area contributed by atoms with Crippen molar-refractivity contribution in [1.29, 1.82) is 0 Å². The predicted octanol–water partition coefficient (Wildman–Crippen LogP) is 3.13. The topological polar surface area (TPSA) is 29.9 Å². The lowest BCUT2D eigenvalue weighted by Gasteiger charge is -2.17. The minimum atomic E-state index is 0.451. The molecule has 0 saturated heterocycles. The lowest BCUT2D eigenvalue weighted by molar-refractivity contribution is 0.521. The average molecular weight is 207 g/mol. The molecule has 0 aromatic carbocycles. The third-order valence-electron chi connectivity index (χ3n) is 2.99. The second-order valence-electron chi connectivity index (χ2n) is 4.85. The molecule has 1 heterocycles. The van der Waals surface area contributed by atoms with Gasteiger partial charge in [-0.25, -0.2) is 4.98 Å². The molecular formula is C12H21N3. The Labute approximate surface area is 91.9 Å². The first-order valence-corrected chi connectivity index (χ1v) is 5.99. The van der Waals surface area contributed by atoms with Gasteiger partial charge in [0, 0.05) is 18.3 Å². The van der Waals surface area contributed by atoms with Gasteiger partial charge in [-0.2, -0.15) is 0 Å². The molecule has 0 bridgehead atoms. The summed E-state index contributed by atoms with van der Waals surface area (Å²) in [7, 11) is 0. The highest BCUT2D eigenvalue weighted by Gasteiger charge is 2.20. The molecular weight excluding hydrogens is 186 g/mol. The zero-order valence-electron chi connectivity index (χ0n) is 9.95. The van der Waals surface area contributed by atoms with Crippen LogP contribution in [0.4, 0.5) is 5.95 Å². The smallest absolute Gasteiger partial charge is 0.203 e. The highest BCUT2D eigenvalue weighted by atomic mass is 15.2. The van der Waals surface area contributed by atoms with Crippen LogP contribution in [0.3, 0.4) is 0 Å². The number of nitrogens with zero attached hydrogens (tertiary/aromatic N) is 2. The van der Waals surface area contributed by atoms with Crippen LogP contribution < -0.4 is 5.32 Å². The largest absolute Gasteiger partial charge is 0.353 e. The van der Waals surface area contributed by atoms with E-state index in [-0.39, 0.29) is 0 Å². The van der Waals surface area contributed by atoms with E-state index in [4.69, 9.17) is 0 Å². The molecule has 0 unspecified atom stereocenters. The zero-order valence-corrected chi connectivity index (χ0v) is 9.95. The summed E-state index contributed by atoms with van der Waals surface area (Å²) in [4.78, 5) is 4.55. The first kappa shape index (κ1) is 10.5. The molecule has 0 radical (unpaired) electrons. The molecule has 2 rings (SSSR count). The first-order chi connectivity index (χ1) is 7.16. The quantitative estimate of drug-likeness (QED) is 0.825. The number of anilines is 1. The van der Waals surface area contributed by atoms with Crippen molar-refractivity contribution in [3.05, 3.63) is 11.9 Å². The van der Waals surface area contributed by atoms with Gasteiger partial charge in [0.1, 0.15) is 0 Å². The maximum atomic E-state index is 4.55. The van der Waals surface area contributed by atoms with Crippen LogP contribution in [0.2, 0.25) is 0 Å². The summed E-state index contributed by atoms with van der Waals surface area (Å²) in [5.74, 6) is 1.05. The second kappa shape index (κ2) is 4.25. The van der Waals surface area contributed by atoms with E-state index < -0.39 is 0 Å². The summed E-state index contributed by atoms with van der Waals surface area (Å²) < 4.78 is 2.34. The van der Waals surface area contributed by atoms with E-state index in [1.807, 2.05) is 0 Å².